The number of aromatic carboxylic acids is 1. The van der Waals surface area contributed by atoms with Crippen LogP contribution >= 0.6 is 0 Å². The summed E-state index contributed by atoms with van der Waals surface area (Å²) in [6, 6.07) is 13.9. The number of H-pyrrole nitrogens is 1. The highest BCUT2D eigenvalue weighted by Crippen LogP contribution is 2.22. The molecule has 0 radical (unpaired) electrons. The Morgan fingerprint density at radius 1 is 1.11 bits per heavy atom. The molecule has 0 atom stereocenters. The van der Waals surface area contributed by atoms with Crippen molar-refractivity contribution in [3.05, 3.63) is 54.4 Å². The summed E-state index contributed by atoms with van der Waals surface area (Å²) in [6.07, 6.45) is 1.33. The number of hydrogen-bond donors (Lipinski definition) is 2. The number of hydrogen-bond acceptors (Lipinski definition) is 2. The third-order valence-electron chi connectivity index (χ3n) is 2.83. The summed E-state index contributed by atoms with van der Waals surface area (Å²) in [4.78, 5) is 17.6. The number of carboxylic acids is 1. The number of carbonyl (C=O) groups is 1. The maximum atomic E-state index is 10.8. The van der Waals surface area contributed by atoms with Gasteiger partial charge in [0.15, 0.2) is 0 Å². The second kappa shape index (κ2) is 4.00. The highest BCUT2D eigenvalue weighted by molar-refractivity contribution is 5.88. The van der Waals surface area contributed by atoms with Crippen molar-refractivity contribution in [1.29, 1.82) is 0 Å². The van der Waals surface area contributed by atoms with Crippen molar-refractivity contribution in [2.24, 2.45) is 0 Å². The smallest absolute Gasteiger partial charge is 0.353 e. The van der Waals surface area contributed by atoms with E-state index in [1.165, 1.54) is 6.20 Å². The van der Waals surface area contributed by atoms with Crippen LogP contribution in [-0.4, -0.2) is 21.0 Å². The van der Waals surface area contributed by atoms with Gasteiger partial charge in [0.25, 0.3) is 0 Å². The van der Waals surface area contributed by atoms with E-state index in [2.05, 4.69) is 9.97 Å². The molecule has 18 heavy (non-hydrogen) atoms. The van der Waals surface area contributed by atoms with Crippen molar-refractivity contribution in [2.45, 2.75) is 0 Å². The van der Waals surface area contributed by atoms with Gasteiger partial charge in [-0.2, -0.15) is 0 Å². The van der Waals surface area contributed by atoms with Gasteiger partial charge in [0, 0.05) is 5.56 Å². The Morgan fingerprint density at radius 3 is 2.61 bits per heavy atom. The monoisotopic (exact) mass is 238 g/mol. The second-order valence-corrected chi connectivity index (χ2v) is 4.01. The molecule has 0 unspecified atom stereocenters. The number of nitrogens with zero attached hydrogens (tertiary/aromatic N) is 1. The van der Waals surface area contributed by atoms with Crippen LogP contribution in [0, 0.1) is 0 Å². The lowest BCUT2D eigenvalue weighted by atomic mass is 10.1. The first-order valence-corrected chi connectivity index (χ1v) is 5.51. The van der Waals surface area contributed by atoms with E-state index in [-0.39, 0.29) is 5.69 Å². The van der Waals surface area contributed by atoms with Crippen molar-refractivity contribution in [2.75, 3.05) is 0 Å². The average molecular weight is 238 g/mol. The summed E-state index contributed by atoms with van der Waals surface area (Å²) in [5, 5.41) is 11.1. The zero-order valence-corrected chi connectivity index (χ0v) is 9.42. The molecule has 0 amide bonds. The van der Waals surface area contributed by atoms with Crippen molar-refractivity contribution in [1.82, 2.24) is 9.97 Å². The number of carboxylic acid groups (broad SMARTS) is 1. The van der Waals surface area contributed by atoms with Crippen LogP contribution in [0.15, 0.2) is 48.7 Å². The molecule has 4 nitrogen and oxygen atoms in total. The summed E-state index contributed by atoms with van der Waals surface area (Å²) in [5.74, 6) is -0.437. The van der Waals surface area contributed by atoms with Gasteiger partial charge in [0.2, 0.25) is 0 Å². The Kier molecular flexibility index (Phi) is 2.34. The first-order chi connectivity index (χ1) is 8.74. The van der Waals surface area contributed by atoms with E-state index in [9.17, 15) is 4.79 Å². The van der Waals surface area contributed by atoms with Crippen LogP contribution in [-0.2, 0) is 0 Å². The third-order valence-corrected chi connectivity index (χ3v) is 2.83. The number of imidazole rings is 1. The van der Waals surface area contributed by atoms with E-state index in [1.54, 1.807) is 0 Å². The Hall–Kier alpha value is -2.62. The first-order valence-electron chi connectivity index (χ1n) is 5.51. The van der Waals surface area contributed by atoms with E-state index in [4.69, 9.17) is 5.11 Å². The first kappa shape index (κ1) is 10.5. The van der Waals surface area contributed by atoms with Gasteiger partial charge < -0.3 is 10.1 Å². The third kappa shape index (κ3) is 1.73. The van der Waals surface area contributed by atoms with Crippen LogP contribution in [0.3, 0.4) is 0 Å². The second-order valence-electron chi connectivity index (χ2n) is 4.01. The van der Waals surface area contributed by atoms with Gasteiger partial charge in [-0.1, -0.05) is 36.4 Å². The van der Waals surface area contributed by atoms with E-state index in [0.717, 1.165) is 16.3 Å². The minimum Gasteiger partial charge on any atom is -0.477 e. The number of fused-ring (bicyclic) bond motifs is 1. The van der Waals surface area contributed by atoms with Gasteiger partial charge in [-0.3, -0.25) is 0 Å². The summed E-state index contributed by atoms with van der Waals surface area (Å²) >= 11 is 0. The fourth-order valence-corrected chi connectivity index (χ4v) is 1.91. The highest BCUT2D eigenvalue weighted by atomic mass is 16.4. The molecule has 0 saturated carbocycles. The molecule has 88 valence electrons. The molecule has 1 heterocycles. The summed E-state index contributed by atoms with van der Waals surface area (Å²) in [5.41, 5.74) is 0.972. The molecule has 0 saturated heterocycles. The van der Waals surface area contributed by atoms with Gasteiger partial charge in [-0.25, -0.2) is 9.78 Å². The van der Waals surface area contributed by atoms with Gasteiger partial charge in [0.05, 0.1) is 6.20 Å². The van der Waals surface area contributed by atoms with Crippen LogP contribution in [0.4, 0.5) is 0 Å². The molecule has 0 bridgehead atoms. The Labute approximate surface area is 103 Å². The lowest BCUT2D eigenvalue weighted by Gasteiger charge is -2.00. The quantitative estimate of drug-likeness (QED) is 0.721. The maximum absolute atomic E-state index is 10.8. The maximum Gasteiger partial charge on any atom is 0.353 e. The van der Waals surface area contributed by atoms with Crippen LogP contribution in [0.5, 0.6) is 0 Å². The van der Waals surface area contributed by atoms with E-state index in [0.29, 0.717) is 5.82 Å². The standard InChI is InChI=1S/C14H10N2O2/c17-14(18)12-8-15-13(16-12)11-6-5-9-3-1-2-4-10(9)7-11/h1-8H,(H,15,16)(H,17,18). The van der Waals surface area contributed by atoms with E-state index < -0.39 is 5.97 Å². The molecule has 0 spiro atoms. The van der Waals surface area contributed by atoms with Crippen molar-refractivity contribution in [3.63, 3.8) is 0 Å². The van der Waals surface area contributed by atoms with E-state index >= 15 is 0 Å². The highest BCUT2D eigenvalue weighted by Gasteiger charge is 2.08. The Balaban J connectivity index is 2.10. The Bertz CT molecular complexity index is 731. The van der Waals surface area contributed by atoms with Crippen LogP contribution < -0.4 is 0 Å². The molecular formula is C14H10N2O2. The normalized spacial score (nSPS) is 10.7. The average Bonchev–Trinajstić information content (AvgIpc) is 2.88. The molecule has 2 aromatic carbocycles. The molecule has 3 rings (SSSR count). The molecule has 0 aliphatic carbocycles. The molecule has 3 aromatic rings. The number of nitrogens with one attached hydrogen (secondary N) is 1. The minimum absolute atomic E-state index is 0.0955. The van der Waals surface area contributed by atoms with Gasteiger partial charge in [0.1, 0.15) is 11.5 Å². The van der Waals surface area contributed by atoms with Crippen molar-refractivity contribution >= 4 is 16.7 Å². The van der Waals surface area contributed by atoms with Gasteiger partial charge in [-0.15, -0.1) is 0 Å². The summed E-state index contributed by atoms with van der Waals surface area (Å²) < 4.78 is 0. The number of aromatic nitrogens is 2. The summed E-state index contributed by atoms with van der Waals surface area (Å²) in [6.45, 7) is 0. The zero-order chi connectivity index (χ0) is 12.5. The van der Waals surface area contributed by atoms with E-state index in [1.807, 2.05) is 42.5 Å². The topological polar surface area (TPSA) is 66.0 Å². The lowest BCUT2D eigenvalue weighted by molar-refractivity contribution is 0.0691. The fourth-order valence-electron chi connectivity index (χ4n) is 1.91. The van der Waals surface area contributed by atoms with Crippen LogP contribution in [0.25, 0.3) is 22.2 Å². The molecule has 0 aliphatic rings. The van der Waals surface area contributed by atoms with Crippen LogP contribution in [0.1, 0.15) is 10.5 Å². The number of benzene rings is 2. The zero-order valence-electron chi connectivity index (χ0n) is 9.42. The minimum atomic E-state index is -1.01. The molecule has 2 N–H and O–H groups in total. The van der Waals surface area contributed by atoms with Crippen molar-refractivity contribution < 1.29 is 9.90 Å². The fraction of sp³-hybridized carbons (Fsp3) is 0. The molecule has 4 heteroatoms. The van der Waals surface area contributed by atoms with Gasteiger partial charge in [-0.05, 0) is 16.8 Å². The molecule has 0 fully saturated rings. The molecular weight excluding hydrogens is 228 g/mol. The summed E-state index contributed by atoms with van der Waals surface area (Å²) in [7, 11) is 0. The lowest BCUT2D eigenvalue weighted by Crippen LogP contribution is -1.95. The van der Waals surface area contributed by atoms with Crippen LogP contribution in [0.2, 0.25) is 0 Å². The molecule has 0 aliphatic heterocycles. The van der Waals surface area contributed by atoms with Gasteiger partial charge >= 0.3 is 5.97 Å². The SMILES string of the molecule is O=C(O)c1cnc(-c2ccc3ccccc3c2)[nH]1. The predicted octanol–water partition coefficient (Wildman–Crippen LogP) is 2.93. The Morgan fingerprint density at radius 2 is 1.89 bits per heavy atom. The van der Waals surface area contributed by atoms with Crippen molar-refractivity contribution in [3.8, 4) is 11.4 Å². The molecule has 1 aromatic heterocycles. The largest absolute Gasteiger partial charge is 0.477 e. The predicted molar refractivity (Wildman–Crippen MR) is 68.5 cm³/mol. The number of rotatable bonds is 2. The number of aromatic amines is 1.